The number of hydrogen-bond acceptors (Lipinski definition) is 5. The van der Waals surface area contributed by atoms with Crippen molar-refractivity contribution < 1.29 is 14.3 Å². The van der Waals surface area contributed by atoms with Crippen LogP contribution in [-0.4, -0.2) is 55.7 Å². The molecule has 6 nitrogen and oxygen atoms in total. The largest absolute Gasteiger partial charge is 0.494 e. The number of pyridine rings is 1. The van der Waals surface area contributed by atoms with Crippen LogP contribution in [0.2, 0.25) is 0 Å². The van der Waals surface area contributed by atoms with E-state index in [9.17, 15) is 4.79 Å². The highest BCUT2D eigenvalue weighted by Gasteiger charge is 2.20. The van der Waals surface area contributed by atoms with Gasteiger partial charge in [-0.05, 0) is 17.7 Å². The van der Waals surface area contributed by atoms with E-state index >= 15 is 0 Å². The van der Waals surface area contributed by atoms with Gasteiger partial charge in [-0.25, -0.2) is 0 Å². The predicted octanol–water partition coefficient (Wildman–Crippen LogP) is 1.58. The van der Waals surface area contributed by atoms with Gasteiger partial charge in [0.25, 0.3) is 0 Å². The zero-order valence-electron chi connectivity index (χ0n) is 14.1. The fraction of sp³-hybridized carbons (Fsp3) is 0.444. The monoisotopic (exact) mass is 329 g/mol. The van der Waals surface area contributed by atoms with Crippen LogP contribution in [0.5, 0.6) is 5.75 Å². The lowest BCUT2D eigenvalue weighted by molar-refractivity contribution is -0.133. The van der Waals surface area contributed by atoms with Crippen LogP contribution in [0.1, 0.15) is 12.0 Å². The van der Waals surface area contributed by atoms with Crippen LogP contribution in [0.3, 0.4) is 0 Å². The molecular formula is C18H23N3O3. The molecule has 1 unspecified atom stereocenters. The molecule has 1 saturated heterocycles. The number of nitrogens with zero attached hydrogens (tertiary/aromatic N) is 2. The van der Waals surface area contributed by atoms with Crippen LogP contribution in [0.15, 0.2) is 30.5 Å². The molecule has 1 aliphatic heterocycles. The molecule has 0 spiro atoms. The van der Waals surface area contributed by atoms with Crippen LogP contribution >= 0.6 is 0 Å². The summed E-state index contributed by atoms with van der Waals surface area (Å²) in [6.45, 7) is 2.78. The maximum absolute atomic E-state index is 12.5. The summed E-state index contributed by atoms with van der Waals surface area (Å²) in [5.41, 5.74) is 1.87. The molecule has 0 radical (unpaired) electrons. The molecule has 1 aromatic heterocycles. The maximum Gasteiger partial charge on any atom is 0.225 e. The Hall–Kier alpha value is -2.18. The topological polar surface area (TPSA) is 63.7 Å². The van der Waals surface area contributed by atoms with E-state index in [-0.39, 0.29) is 12.0 Å². The van der Waals surface area contributed by atoms with Crippen molar-refractivity contribution in [2.75, 3.05) is 33.9 Å². The molecule has 1 aliphatic rings. The number of nitrogens with one attached hydrogen (secondary N) is 1. The zero-order valence-corrected chi connectivity index (χ0v) is 14.1. The Bertz CT molecular complexity index is 714. The smallest absolute Gasteiger partial charge is 0.225 e. The molecule has 2 heterocycles. The lowest BCUT2D eigenvalue weighted by Gasteiger charge is -2.26. The number of rotatable bonds is 5. The van der Waals surface area contributed by atoms with Crippen molar-refractivity contribution >= 4 is 16.8 Å². The number of benzene rings is 1. The van der Waals surface area contributed by atoms with E-state index in [4.69, 9.17) is 9.47 Å². The van der Waals surface area contributed by atoms with Gasteiger partial charge < -0.3 is 19.7 Å². The minimum Gasteiger partial charge on any atom is -0.494 e. The van der Waals surface area contributed by atoms with Crippen molar-refractivity contribution in [2.45, 2.75) is 19.1 Å². The molecular weight excluding hydrogens is 306 g/mol. The molecule has 128 valence electrons. The summed E-state index contributed by atoms with van der Waals surface area (Å²) < 4.78 is 11.0. The Morgan fingerprint density at radius 1 is 1.46 bits per heavy atom. The number of carbonyl (C=O) groups is 1. The molecule has 24 heavy (non-hydrogen) atoms. The molecule has 3 rings (SSSR count). The fourth-order valence-electron chi connectivity index (χ4n) is 2.95. The third kappa shape index (κ3) is 3.66. The molecule has 1 N–H and O–H groups in total. The fourth-order valence-corrected chi connectivity index (χ4v) is 2.95. The summed E-state index contributed by atoms with van der Waals surface area (Å²) in [7, 11) is 3.46. The SMILES string of the molecule is COc1ccc(CN(C)C(=O)CC2CNCCO2)c2cccnc12. The second-order valence-electron chi connectivity index (χ2n) is 5.98. The van der Waals surface area contributed by atoms with Crippen molar-refractivity contribution in [1.82, 2.24) is 15.2 Å². The van der Waals surface area contributed by atoms with Gasteiger partial charge in [0.15, 0.2) is 0 Å². The number of amides is 1. The van der Waals surface area contributed by atoms with Gasteiger partial charge in [-0.1, -0.05) is 12.1 Å². The van der Waals surface area contributed by atoms with Crippen LogP contribution in [0, 0.1) is 0 Å². The highest BCUT2D eigenvalue weighted by atomic mass is 16.5. The first-order valence-corrected chi connectivity index (χ1v) is 8.16. The molecule has 0 saturated carbocycles. The number of fused-ring (bicyclic) bond motifs is 1. The van der Waals surface area contributed by atoms with E-state index < -0.39 is 0 Å². The molecule has 1 aromatic carbocycles. The number of ether oxygens (including phenoxy) is 2. The van der Waals surface area contributed by atoms with Gasteiger partial charge in [0, 0.05) is 38.3 Å². The van der Waals surface area contributed by atoms with Crippen LogP contribution in [-0.2, 0) is 16.1 Å². The van der Waals surface area contributed by atoms with E-state index in [0.29, 0.717) is 19.6 Å². The van der Waals surface area contributed by atoms with Crippen molar-refractivity contribution in [1.29, 1.82) is 0 Å². The van der Waals surface area contributed by atoms with Gasteiger partial charge in [-0.2, -0.15) is 0 Å². The Morgan fingerprint density at radius 3 is 3.08 bits per heavy atom. The number of aromatic nitrogens is 1. The molecule has 1 fully saturated rings. The van der Waals surface area contributed by atoms with Gasteiger partial charge in [0.2, 0.25) is 5.91 Å². The van der Waals surface area contributed by atoms with Crippen molar-refractivity contribution in [3.8, 4) is 5.75 Å². The van der Waals surface area contributed by atoms with E-state index in [0.717, 1.165) is 35.3 Å². The molecule has 2 aromatic rings. The van der Waals surface area contributed by atoms with E-state index in [1.165, 1.54) is 0 Å². The second kappa shape index (κ2) is 7.59. The van der Waals surface area contributed by atoms with E-state index in [1.807, 2.05) is 31.3 Å². The number of carbonyl (C=O) groups excluding carboxylic acids is 1. The third-order valence-corrected chi connectivity index (χ3v) is 4.28. The Labute approximate surface area is 141 Å². The Balaban J connectivity index is 1.73. The molecule has 1 amide bonds. The minimum absolute atomic E-state index is 0.0389. The lowest BCUT2D eigenvalue weighted by Crippen LogP contribution is -2.41. The standard InChI is InChI=1S/C18H23N3O3/c1-21(17(22)10-14-11-19-8-9-24-14)12-13-5-6-16(23-2)18-15(13)4-3-7-20-18/h3-7,14,19H,8-12H2,1-2H3. The summed E-state index contributed by atoms with van der Waals surface area (Å²) in [4.78, 5) is 18.6. The lowest BCUT2D eigenvalue weighted by atomic mass is 10.1. The summed E-state index contributed by atoms with van der Waals surface area (Å²) in [6.07, 6.45) is 2.11. The molecule has 0 bridgehead atoms. The van der Waals surface area contributed by atoms with Gasteiger partial charge in [0.05, 0.1) is 26.2 Å². The number of hydrogen-bond donors (Lipinski definition) is 1. The first-order chi connectivity index (χ1) is 11.7. The van der Waals surface area contributed by atoms with Crippen molar-refractivity contribution in [3.63, 3.8) is 0 Å². The van der Waals surface area contributed by atoms with Crippen LogP contribution < -0.4 is 10.1 Å². The van der Waals surface area contributed by atoms with Crippen LogP contribution in [0.25, 0.3) is 10.9 Å². The third-order valence-electron chi connectivity index (χ3n) is 4.28. The molecule has 6 heteroatoms. The first-order valence-electron chi connectivity index (χ1n) is 8.16. The molecule has 0 aliphatic carbocycles. The Kier molecular flexibility index (Phi) is 5.27. The highest BCUT2D eigenvalue weighted by Crippen LogP contribution is 2.27. The number of methoxy groups -OCH3 is 1. The van der Waals surface area contributed by atoms with Crippen molar-refractivity contribution in [3.05, 3.63) is 36.0 Å². The maximum atomic E-state index is 12.5. The summed E-state index contributed by atoms with van der Waals surface area (Å²) in [5.74, 6) is 0.821. The Morgan fingerprint density at radius 2 is 2.33 bits per heavy atom. The summed E-state index contributed by atoms with van der Waals surface area (Å²) in [5, 5.41) is 4.25. The van der Waals surface area contributed by atoms with Gasteiger partial charge in [-0.3, -0.25) is 9.78 Å². The number of morpholine rings is 1. The molecule has 1 atom stereocenters. The van der Waals surface area contributed by atoms with Gasteiger partial charge in [-0.15, -0.1) is 0 Å². The van der Waals surface area contributed by atoms with E-state index in [2.05, 4.69) is 10.3 Å². The second-order valence-corrected chi connectivity index (χ2v) is 5.98. The van der Waals surface area contributed by atoms with Crippen molar-refractivity contribution in [2.24, 2.45) is 0 Å². The zero-order chi connectivity index (χ0) is 16.9. The average molecular weight is 329 g/mol. The minimum atomic E-state index is -0.0389. The predicted molar refractivity (Wildman–Crippen MR) is 92.0 cm³/mol. The quantitative estimate of drug-likeness (QED) is 0.902. The highest BCUT2D eigenvalue weighted by molar-refractivity contribution is 5.88. The van der Waals surface area contributed by atoms with E-state index in [1.54, 1.807) is 18.2 Å². The first kappa shape index (κ1) is 16.7. The summed E-state index contributed by atoms with van der Waals surface area (Å²) in [6, 6.07) is 7.80. The summed E-state index contributed by atoms with van der Waals surface area (Å²) >= 11 is 0. The van der Waals surface area contributed by atoms with Crippen LogP contribution in [0.4, 0.5) is 0 Å². The van der Waals surface area contributed by atoms with Gasteiger partial charge >= 0.3 is 0 Å². The van der Waals surface area contributed by atoms with Gasteiger partial charge in [0.1, 0.15) is 11.3 Å². The average Bonchev–Trinajstić information content (AvgIpc) is 2.62. The normalized spacial score (nSPS) is 17.7.